The predicted octanol–water partition coefficient (Wildman–Crippen LogP) is 6.57. The van der Waals surface area contributed by atoms with Crippen LogP contribution >= 0.6 is 0 Å². The van der Waals surface area contributed by atoms with Gasteiger partial charge in [0, 0.05) is 23.8 Å². The van der Waals surface area contributed by atoms with Crippen LogP contribution in [0.25, 0.3) is 10.8 Å². The Labute approximate surface area is 199 Å². The van der Waals surface area contributed by atoms with Crippen LogP contribution < -0.4 is 0 Å². The maximum absolute atomic E-state index is 7.56. The first-order chi connectivity index (χ1) is 15.9. The van der Waals surface area contributed by atoms with E-state index >= 15 is 0 Å². The van der Waals surface area contributed by atoms with Gasteiger partial charge in [0.15, 0.2) is 0 Å². The highest BCUT2D eigenvalue weighted by Gasteiger charge is 2.70. The van der Waals surface area contributed by atoms with E-state index in [2.05, 4.69) is 55.2 Å². The number of ether oxygens (including phenoxy) is 1. The molecule has 1 aromatic carbocycles. The van der Waals surface area contributed by atoms with Gasteiger partial charge < -0.3 is 9.64 Å². The molecule has 3 saturated carbocycles. The predicted molar refractivity (Wildman–Crippen MR) is 133 cm³/mol. The molecule has 7 rings (SSSR count). The van der Waals surface area contributed by atoms with Crippen molar-refractivity contribution in [2.24, 2.45) is 23.2 Å². The summed E-state index contributed by atoms with van der Waals surface area (Å²) in [5.41, 5.74) is 2.24. The number of hydrogen-bond donors (Lipinski definition) is 0. The molecular formula is C30H40N2O. The van der Waals surface area contributed by atoms with E-state index in [4.69, 9.17) is 4.74 Å². The maximum Gasteiger partial charge on any atom is 0.0752 e. The molecule has 3 aliphatic carbocycles. The topological polar surface area (TPSA) is 25.4 Å². The molecule has 2 saturated heterocycles. The van der Waals surface area contributed by atoms with E-state index in [0.29, 0.717) is 17.4 Å². The van der Waals surface area contributed by atoms with Crippen LogP contribution in [0.2, 0.25) is 0 Å². The molecule has 1 aromatic heterocycles. The third-order valence-corrected chi connectivity index (χ3v) is 11.5. The molecule has 2 spiro atoms. The van der Waals surface area contributed by atoms with Gasteiger partial charge in [0.1, 0.15) is 0 Å². The van der Waals surface area contributed by atoms with Crippen molar-refractivity contribution in [1.29, 1.82) is 0 Å². The minimum Gasteiger partial charge on any atom is -0.368 e. The van der Waals surface area contributed by atoms with Gasteiger partial charge in [-0.1, -0.05) is 19.1 Å². The minimum absolute atomic E-state index is 0.158. The molecule has 3 unspecified atom stereocenters. The van der Waals surface area contributed by atoms with E-state index in [1.165, 1.54) is 75.0 Å². The van der Waals surface area contributed by atoms with Crippen LogP contribution in [0.15, 0.2) is 36.7 Å². The first-order valence-electron chi connectivity index (χ1n) is 13.6. The van der Waals surface area contributed by atoms with Gasteiger partial charge in [0.2, 0.25) is 0 Å². The lowest BCUT2D eigenvalue weighted by atomic mass is 9.53. The van der Waals surface area contributed by atoms with Crippen LogP contribution in [-0.4, -0.2) is 41.2 Å². The number of nitrogens with zero attached hydrogens (tertiary/aromatic N) is 2. The van der Waals surface area contributed by atoms with Gasteiger partial charge in [-0.05, 0) is 130 Å². The fourth-order valence-corrected chi connectivity index (χ4v) is 9.88. The second-order valence-corrected chi connectivity index (χ2v) is 12.9. The minimum atomic E-state index is 0.158. The third-order valence-electron chi connectivity index (χ3n) is 11.5. The molecule has 2 bridgehead atoms. The van der Waals surface area contributed by atoms with Crippen molar-refractivity contribution in [2.45, 2.75) is 94.3 Å². The molecule has 0 radical (unpaired) electrons. The average molecular weight is 445 g/mol. The average Bonchev–Trinajstić information content (AvgIpc) is 3.33. The SMILES string of the molecule is CN(C)C1CCC2CC3CC[C@]4(C)[C@@H](c5ccc6ccncc6c5)CC[C@H]4[C@@]34CC[C@]2(C1)O4. The zero-order chi connectivity index (χ0) is 22.4. The standard InChI is InChI=1S/C30H40N2O/c1-28-12-10-24-17-23-6-7-25(32(2)3)18-29(23)13-14-30(24,33-29)27(28)9-8-26(28)21-5-4-20-11-15-31-19-22(20)16-21/h4-5,11,15-16,19,23-27H,6-10,12-14,17-18H2,1-3H3/t23?,24?,25?,26-,27-,28-,29-,30-/m1/s1. The molecule has 8 atom stereocenters. The van der Waals surface area contributed by atoms with E-state index in [1.54, 1.807) is 5.56 Å². The second kappa shape index (κ2) is 7.04. The highest BCUT2D eigenvalue weighted by molar-refractivity contribution is 5.82. The monoisotopic (exact) mass is 444 g/mol. The Morgan fingerprint density at radius 2 is 1.85 bits per heavy atom. The Bertz CT molecular complexity index is 1080. The maximum atomic E-state index is 7.56. The van der Waals surface area contributed by atoms with Gasteiger partial charge in [-0.3, -0.25) is 4.98 Å². The van der Waals surface area contributed by atoms with E-state index in [0.717, 1.165) is 17.8 Å². The quantitative estimate of drug-likeness (QED) is 0.524. The number of fused-ring (bicyclic) bond motifs is 2. The summed E-state index contributed by atoms with van der Waals surface area (Å²) < 4.78 is 7.56. The molecule has 0 amide bonds. The number of aromatic nitrogens is 1. The highest BCUT2D eigenvalue weighted by atomic mass is 16.5. The Hall–Kier alpha value is -1.45. The number of pyridine rings is 1. The van der Waals surface area contributed by atoms with Crippen molar-refractivity contribution in [3.05, 3.63) is 42.2 Å². The van der Waals surface area contributed by atoms with Crippen LogP contribution in [0.4, 0.5) is 0 Å². The van der Waals surface area contributed by atoms with Gasteiger partial charge in [-0.2, -0.15) is 0 Å². The van der Waals surface area contributed by atoms with E-state index in [9.17, 15) is 0 Å². The smallest absolute Gasteiger partial charge is 0.0752 e. The summed E-state index contributed by atoms with van der Waals surface area (Å²) in [6.07, 6.45) is 17.5. The van der Waals surface area contributed by atoms with Gasteiger partial charge in [-0.15, -0.1) is 0 Å². The zero-order valence-corrected chi connectivity index (χ0v) is 20.7. The van der Waals surface area contributed by atoms with Gasteiger partial charge >= 0.3 is 0 Å². The lowest BCUT2D eigenvalue weighted by Gasteiger charge is -2.61. The van der Waals surface area contributed by atoms with Crippen molar-refractivity contribution >= 4 is 10.8 Å². The molecule has 5 fully saturated rings. The van der Waals surface area contributed by atoms with Gasteiger partial charge in [0.05, 0.1) is 11.2 Å². The molecule has 3 nitrogen and oxygen atoms in total. The summed E-state index contributed by atoms with van der Waals surface area (Å²) in [7, 11) is 4.55. The third kappa shape index (κ3) is 2.79. The first kappa shape index (κ1) is 20.9. The van der Waals surface area contributed by atoms with Crippen LogP contribution in [0, 0.1) is 23.2 Å². The molecule has 176 valence electrons. The van der Waals surface area contributed by atoms with Crippen LogP contribution in [0.5, 0.6) is 0 Å². The summed E-state index contributed by atoms with van der Waals surface area (Å²) in [5, 5.41) is 2.60. The van der Waals surface area contributed by atoms with Crippen molar-refractivity contribution in [2.75, 3.05) is 14.1 Å². The van der Waals surface area contributed by atoms with Crippen LogP contribution in [0.3, 0.4) is 0 Å². The molecule has 3 heteroatoms. The Balaban J connectivity index is 1.23. The summed E-state index contributed by atoms with van der Waals surface area (Å²) in [4.78, 5) is 6.86. The van der Waals surface area contributed by atoms with Gasteiger partial charge in [0.25, 0.3) is 0 Å². The fraction of sp³-hybridized carbons (Fsp3) is 0.700. The Morgan fingerprint density at radius 1 is 0.939 bits per heavy atom. The summed E-state index contributed by atoms with van der Waals surface area (Å²) in [6.45, 7) is 2.64. The van der Waals surface area contributed by atoms with Gasteiger partial charge in [-0.25, -0.2) is 0 Å². The summed E-state index contributed by atoms with van der Waals surface area (Å²) in [6, 6.07) is 10.0. The molecular weight excluding hydrogens is 404 g/mol. The molecule has 0 N–H and O–H groups in total. The van der Waals surface area contributed by atoms with Crippen molar-refractivity contribution in [3.63, 3.8) is 0 Å². The summed E-state index contributed by atoms with van der Waals surface area (Å²) >= 11 is 0. The normalized spacial score (nSPS) is 46.2. The number of benzene rings is 1. The molecule has 2 aromatic rings. The van der Waals surface area contributed by atoms with Crippen LogP contribution in [0.1, 0.15) is 82.6 Å². The number of hydrogen-bond acceptors (Lipinski definition) is 3. The van der Waals surface area contributed by atoms with Crippen molar-refractivity contribution < 1.29 is 4.74 Å². The Morgan fingerprint density at radius 3 is 2.73 bits per heavy atom. The summed E-state index contributed by atoms with van der Waals surface area (Å²) in [5.74, 6) is 2.98. The van der Waals surface area contributed by atoms with Crippen LogP contribution in [-0.2, 0) is 4.74 Å². The molecule has 5 aliphatic rings. The first-order valence-corrected chi connectivity index (χ1v) is 13.6. The highest BCUT2D eigenvalue weighted by Crippen LogP contribution is 2.72. The number of rotatable bonds is 2. The zero-order valence-electron chi connectivity index (χ0n) is 20.7. The fourth-order valence-electron chi connectivity index (χ4n) is 9.88. The van der Waals surface area contributed by atoms with E-state index in [1.807, 2.05) is 12.4 Å². The lowest BCUT2D eigenvalue weighted by molar-refractivity contribution is -0.260. The molecule has 2 aliphatic heterocycles. The lowest BCUT2D eigenvalue weighted by Crippen LogP contribution is -2.62. The molecule has 33 heavy (non-hydrogen) atoms. The Kier molecular flexibility index (Phi) is 4.46. The van der Waals surface area contributed by atoms with E-state index < -0.39 is 0 Å². The molecule has 3 heterocycles. The van der Waals surface area contributed by atoms with Crippen molar-refractivity contribution in [1.82, 2.24) is 9.88 Å². The van der Waals surface area contributed by atoms with E-state index in [-0.39, 0.29) is 11.2 Å². The second-order valence-electron chi connectivity index (χ2n) is 12.9. The largest absolute Gasteiger partial charge is 0.368 e. The van der Waals surface area contributed by atoms with Crippen molar-refractivity contribution in [3.8, 4) is 0 Å².